The molecular formula is C23H22F4N6. The third-order valence-corrected chi connectivity index (χ3v) is 5.32. The van der Waals surface area contributed by atoms with E-state index in [0.717, 1.165) is 5.56 Å². The number of aromatic nitrogens is 4. The van der Waals surface area contributed by atoms with Crippen molar-refractivity contribution >= 4 is 22.5 Å². The zero-order valence-electron chi connectivity index (χ0n) is 18.0. The second kappa shape index (κ2) is 8.68. The van der Waals surface area contributed by atoms with Crippen LogP contribution in [0.15, 0.2) is 54.6 Å². The molecule has 10 heteroatoms. The normalized spacial score (nSPS) is 12.2. The Hall–Kier alpha value is -3.69. The SMILES string of the molecule is CC(C)(CNc1ccc(-c2ccc3[nH]nc(NCC(F)(F)F)c3c2)nn1)c1ccc(F)cc1. The van der Waals surface area contributed by atoms with Crippen LogP contribution < -0.4 is 10.6 Å². The van der Waals surface area contributed by atoms with E-state index in [0.29, 0.717) is 34.5 Å². The highest BCUT2D eigenvalue weighted by Gasteiger charge is 2.27. The van der Waals surface area contributed by atoms with E-state index in [-0.39, 0.29) is 17.1 Å². The predicted octanol–water partition coefficient (Wildman–Crippen LogP) is 5.52. The van der Waals surface area contributed by atoms with Crippen LogP contribution in [0.25, 0.3) is 22.2 Å². The second-order valence-electron chi connectivity index (χ2n) is 8.35. The molecule has 0 spiro atoms. The van der Waals surface area contributed by atoms with E-state index < -0.39 is 12.7 Å². The Morgan fingerprint density at radius 2 is 1.64 bits per heavy atom. The number of nitrogens with one attached hydrogen (secondary N) is 3. The molecule has 0 saturated heterocycles. The molecule has 172 valence electrons. The van der Waals surface area contributed by atoms with Gasteiger partial charge in [-0.15, -0.1) is 10.2 Å². The largest absolute Gasteiger partial charge is 0.405 e. The number of benzene rings is 2. The minimum atomic E-state index is -4.34. The first-order valence-electron chi connectivity index (χ1n) is 10.2. The van der Waals surface area contributed by atoms with Crippen molar-refractivity contribution in [1.82, 2.24) is 20.4 Å². The summed E-state index contributed by atoms with van der Waals surface area (Å²) in [6, 6.07) is 15.2. The highest BCUT2D eigenvalue weighted by Crippen LogP contribution is 2.28. The molecule has 2 aromatic heterocycles. The molecule has 3 N–H and O–H groups in total. The van der Waals surface area contributed by atoms with Crippen LogP contribution in [0.4, 0.5) is 29.2 Å². The monoisotopic (exact) mass is 458 g/mol. The fraction of sp³-hybridized carbons (Fsp3) is 0.261. The molecule has 0 atom stereocenters. The van der Waals surface area contributed by atoms with E-state index in [4.69, 9.17) is 0 Å². The quantitative estimate of drug-likeness (QED) is 0.318. The Balaban J connectivity index is 1.47. The summed E-state index contributed by atoms with van der Waals surface area (Å²) < 4.78 is 50.8. The molecule has 0 amide bonds. The van der Waals surface area contributed by atoms with Gasteiger partial charge in [-0.2, -0.15) is 18.3 Å². The number of H-pyrrole nitrogens is 1. The zero-order chi connectivity index (χ0) is 23.6. The average molecular weight is 458 g/mol. The van der Waals surface area contributed by atoms with Crippen molar-refractivity contribution in [3.8, 4) is 11.3 Å². The Morgan fingerprint density at radius 1 is 0.879 bits per heavy atom. The van der Waals surface area contributed by atoms with Crippen LogP contribution in [-0.4, -0.2) is 39.7 Å². The van der Waals surface area contributed by atoms with Crippen molar-refractivity contribution in [2.45, 2.75) is 25.4 Å². The molecule has 2 heterocycles. The maximum Gasteiger partial charge on any atom is 0.405 e. The van der Waals surface area contributed by atoms with Gasteiger partial charge in [0, 0.05) is 22.9 Å². The Labute approximate surface area is 187 Å². The summed E-state index contributed by atoms with van der Waals surface area (Å²) >= 11 is 0. The number of anilines is 2. The number of halogens is 4. The number of nitrogens with zero attached hydrogens (tertiary/aromatic N) is 3. The lowest BCUT2D eigenvalue weighted by Crippen LogP contribution is -2.28. The van der Waals surface area contributed by atoms with Crippen molar-refractivity contribution in [3.05, 3.63) is 66.0 Å². The lowest BCUT2D eigenvalue weighted by atomic mass is 9.84. The van der Waals surface area contributed by atoms with Gasteiger partial charge < -0.3 is 10.6 Å². The smallest absolute Gasteiger partial charge is 0.368 e. The second-order valence-corrected chi connectivity index (χ2v) is 8.35. The van der Waals surface area contributed by atoms with Crippen LogP contribution in [0, 0.1) is 5.82 Å². The van der Waals surface area contributed by atoms with Crippen LogP contribution in [-0.2, 0) is 5.41 Å². The number of alkyl halides is 3. The van der Waals surface area contributed by atoms with Gasteiger partial charge in [-0.25, -0.2) is 4.39 Å². The molecule has 0 saturated carbocycles. The maximum atomic E-state index is 13.2. The lowest BCUT2D eigenvalue weighted by Gasteiger charge is -2.25. The molecule has 33 heavy (non-hydrogen) atoms. The average Bonchev–Trinajstić information content (AvgIpc) is 3.19. The fourth-order valence-electron chi connectivity index (χ4n) is 3.39. The number of hydrogen-bond acceptors (Lipinski definition) is 5. The molecule has 0 unspecified atom stereocenters. The maximum absolute atomic E-state index is 13.2. The van der Waals surface area contributed by atoms with Crippen molar-refractivity contribution < 1.29 is 17.6 Å². The van der Waals surface area contributed by atoms with Gasteiger partial charge in [-0.3, -0.25) is 5.10 Å². The van der Waals surface area contributed by atoms with Crippen LogP contribution in [0.3, 0.4) is 0 Å². The van der Waals surface area contributed by atoms with E-state index in [1.165, 1.54) is 12.1 Å². The van der Waals surface area contributed by atoms with Gasteiger partial charge in [0.15, 0.2) is 5.82 Å². The van der Waals surface area contributed by atoms with E-state index >= 15 is 0 Å². The first kappa shape index (κ1) is 22.5. The molecule has 0 aliphatic carbocycles. The molecule has 0 aliphatic rings. The minimum Gasteiger partial charge on any atom is -0.368 e. The number of fused-ring (bicyclic) bond motifs is 1. The van der Waals surface area contributed by atoms with Crippen molar-refractivity contribution in [1.29, 1.82) is 0 Å². The molecular weight excluding hydrogens is 436 g/mol. The van der Waals surface area contributed by atoms with Gasteiger partial charge in [0.25, 0.3) is 0 Å². The number of hydrogen-bond donors (Lipinski definition) is 3. The molecule has 6 nitrogen and oxygen atoms in total. The Kier molecular flexibility index (Phi) is 5.92. The van der Waals surface area contributed by atoms with Crippen molar-refractivity contribution in [2.24, 2.45) is 0 Å². The molecule has 4 aromatic rings. The third kappa shape index (κ3) is 5.39. The third-order valence-electron chi connectivity index (χ3n) is 5.32. The predicted molar refractivity (Wildman–Crippen MR) is 120 cm³/mol. The zero-order valence-corrected chi connectivity index (χ0v) is 18.0. The molecule has 0 aliphatic heterocycles. The number of rotatable bonds is 7. The van der Waals surface area contributed by atoms with E-state index in [9.17, 15) is 17.6 Å². The topological polar surface area (TPSA) is 78.5 Å². The highest BCUT2D eigenvalue weighted by molar-refractivity contribution is 5.92. The molecule has 0 fully saturated rings. The van der Waals surface area contributed by atoms with Crippen molar-refractivity contribution in [3.63, 3.8) is 0 Å². The summed E-state index contributed by atoms with van der Waals surface area (Å²) in [6.07, 6.45) is -4.34. The summed E-state index contributed by atoms with van der Waals surface area (Å²) in [7, 11) is 0. The van der Waals surface area contributed by atoms with Gasteiger partial charge in [0.05, 0.1) is 11.2 Å². The Morgan fingerprint density at radius 3 is 2.30 bits per heavy atom. The highest BCUT2D eigenvalue weighted by atomic mass is 19.4. The molecule has 0 bridgehead atoms. The fourth-order valence-corrected chi connectivity index (χ4v) is 3.39. The summed E-state index contributed by atoms with van der Waals surface area (Å²) in [5, 5.41) is 21.2. The van der Waals surface area contributed by atoms with Crippen LogP contribution in [0.1, 0.15) is 19.4 Å². The first-order valence-corrected chi connectivity index (χ1v) is 10.2. The lowest BCUT2D eigenvalue weighted by molar-refractivity contribution is -0.115. The summed E-state index contributed by atoms with van der Waals surface area (Å²) in [5.41, 5.74) is 2.61. The molecule has 4 rings (SSSR count). The number of aromatic amines is 1. The van der Waals surface area contributed by atoms with E-state index in [1.807, 2.05) is 13.8 Å². The van der Waals surface area contributed by atoms with Crippen LogP contribution in [0.2, 0.25) is 0 Å². The van der Waals surface area contributed by atoms with Crippen LogP contribution in [0.5, 0.6) is 0 Å². The van der Waals surface area contributed by atoms with E-state index in [2.05, 4.69) is 31.0 Å². The van der Waals surface area contributed by atoms with Gasteiger partial charge in [-0.1, -0.05) is 32.0 Å². The molecule has 0 radical (unpaired) electrons. The summed E-state index contributed by atoms with van der Waals surface area (Å²) in [4.78, 5) is 0. The van der Waals surface area contributed by atoms with Gasteiger partial charge >= 0.3 is 6.18 Å². The van der Waals surface area contributed by atoms with E-state index in [1.54, 1.807) is 42.5 Å². The van der Waals surface area contributed by atoms with Gasteiger partial charge in [0.2, 0.25) is 0 Å². The first-order chi connectivity index (χ1) is 15.6. The summed E-state index contributed by atoms with van der Waals surface area (Å²) in [5.74, 6) is 0.421. The summed E-state index contributed by atoms with van der Waals surface area (Å²) in [6.45, 7) is 3.46. The van der Waals surface area contributed by atoms with Crippen molar-refractivity contribution in [2.75, 3.05) is 23.7 Å². The van der Waals surface area contributed by atoms with Crippen LogP contribution >= 0.6 is 0 Å². The molecule has 2 aromatic carbocycles. The Bertz CT molecular complexity index is 1230. The van der Waals surface area contributed by atoms with Gasteiger partial charge in [0.1, 0.15) is 18.2 Å². The standard InChI is InChI=1S/C23H22F4N6/c1-22(2,15-4-6-16(24)7-5-15)12-28-20-10-9-18(30-32-20)14-3-8-19-17(11-14)21(33-31-19)29-13-23(25,26)27/h3-11H,12-13H2,1-2H3,(H,28,32)(H2,29,31,33). The van der Waals surface area contributed by atoms with Gasteiger partial charge in [-0.05, 0) is 42.0 Å². The minimum absolute atomic E-state index is 0.124.